The summed E-state index contributed by atoms with van der Waals surface area (Å²) >= 11 is 5.79. The van der Waals surface area contributed by atoms with Crippen LogP contribution in [0.25, 0.3) is 0 Å². The van der Waals surface area contributed by atoms with E-state index in [2.05, 4.69) is 10.6 Å². The van der Waals surface area contributed by atoms with Crippen molar-refractivity contribution in [2.24, 2.45) is 0 Å². The third-order valence-corrected chi connectivity index (χ3v) is 2.53. The fraction of sp³-hybridized carbons (Fsp3) is 0.400. The Morgan fingerprint density at radius 2 is 1.87 bits per heavy atom. The molecule has 2 N–H and O–H groups in total. The Balaban J connectivity index is 0.000000980. The van der Waals surface area contributed by atoms with E-state index in [4.69, 9.17) is 11.6 Å². The van der Waals surface area contributed by atoms with Gasteiger partial charge in [-0.05, 0) is 37.2 Å². The van der Waals surface area contributed by atoms with E-state index in [1.54, 1.807) is 0 Å². The van der Waals surface area contributed by atoms with Crippen molar-refractivity contribution in [2.75, 3.05) is 18.4 Å². The summed E-state index contributed by atoms with van der Waals surface area (Å²) in [7, 11) is 0. The van der Waals surface area contributed by atoms with Gasteiger partial charge < -0.3 is 10.6 Å². The van der Waals surface area contributed by atoms with Gasteiger partial charge in [0.1, 0.15) is 0 Å². The average molecular weight is 270 g/mol. The van der Waals surface area contributed by atoms with Gasteiger partial charge in [-0.3, -0.25) is 0 Å². The summed E-state index contributed by atoms with van der Waals surface area (Å²) < 4.78 is 0. The topological polar surface area (TPSA) is 24.1 Å². The van der Waals surface area contributed by atoms with Crippen LogP contribution in [0.5, 0.6) is 0 Å². The van der Waals surface area contributed by atoms with E-state index in [-0.39, 0.29) is 24.8 Å². The first kappa shape index (κ1) is 14.8. The van der Waals surface area contributed by atoms with Gasteiger partial charge >= 0.3 is 0 Å². The van der Waals surface area contributed by atoms with Crippen molar-refractivity contribution >= 4 is 42.1 Å². The lowest BCUT2D eigenvalue weighted by Gasteiger charge is -2.12. The van der Waals surface area contributed by atoms with Crippen molar-refractivity contribution in [3.63, 3.8) is 0 Å². The molecule has 1 aliphatic rings. The van der Waals surface area contributed by atoms with Crippen LogP contribution >= 0.6 is 36.4 Å². The number of benzene rings is 1. The molecule has 1 saturated heterocycles. The lowest BCUT2D eigenvalue weighted by atomic mass is 10.2. The number of anilines is 1. The largest absolute Gasteiger partial charge is 0.381 e. The van der Waals surface area contributed by atoms with E-state index in [0.717, 1.165) is 23.8 Å². The molecule has 1 aromatic rings. The molecule has 15 heavy (non-hydrogen) atoms. The highest BCUT2D eigenvalue weighted by atomic mass is 35.5. The smallest absolute Gasteiger partial charge is 0.0407 e. The minimum absolute atomic E-state index is 0. The first-order valence-corrected chi connectivity index (χ1v) is 4.95. The van der Waals surface area contributed by atoms with E-state index < -0.39 is 0 Å². The average Bonchev–Trinajstić information content (AvgIpc) is 2.62. The molecule has 0 spiro atoms. The number of halogens is 3. The normalized spacial score (nSPS) is 18.9. The van der Waals surface area contributed by atoms with Gasteiger partial charge in [0.15, 0.2) is 0 Å². The first-order chi connectivity index (χ1) is 6.34. The predicted molar refractivity (Wildman–Crippen MR) is 70.8 cm³/mol. The molecule has 0 aliphatic carbocycles. The maximum atomic E-state index is 5.79. The van der Waals surface area contributed by atoms with Crippen molar-refractivity contribution < 1.29 is 0 Å². The number of rotatable bonds is 2. The molecule has 1 aliphatic heterocycles. The van der Waals surface area contributed by atoms with Crippen LogP contribution in [0, 0.1) is 0 Å². The standard InChI is InChI=1S/C10H13ClN2.2ClH/c11-8-1-3-9(4-2-8)13-10-5-6-12-7-10;;/h1-4,10,12-13H,5-7H2;2*1H. The first-order valence-electron chi connectivity index (χ1n) is 4.57. The van der Waals surface area contributed by atoms with Crippen LogP contribution < -0.4 is 10.6 Å². The van der Waals surface area contributed by atoms with Gasteiger partial charge in [0, 0.05) is 23.3 Å². The van der Waals surface area contributed by atoms with Crippen molar-refractivity contribution in [2.45, 2.75) is 12.5 Å². The monoisotopic (exact) mass is 268 g/mol. The zero-order chi connectivity index (χ0) is 9.10. The predicted octanol–water partition coefficient (Wildman–Crippen LogP) is 2.96. The van der Waals surface area contributed by atoms with Gasteiger partial charge in [0.05, 0.1) is 0 Å². The van der Waals surface area contributed by atoms with Crippen LogP contribution in [-0.2, 0) is 0 Å². The van der Waals surface area contributed by atoms with Crippen molar-refractivity contribution in [1.82, 2.24) is 5.32 Å². The molecule has 2 nitrogen and oxygen atoms in total. The van der Waals surface area contributed by atoms with Crippen molar-refractivity contribution in [1.29, 1.82) is 0 Å². The molecule has 0 bridgehead atoms. The molecule has 0 saturated carbocycles. The maximum Gasteiger partial charge on any atom is 0.0407 e. The number of hydrogen-bond acceptors (Lipinski definition) is 2. The molecule has 0 radical (unpaired) electrons. The Bertz CT molecular complexity index is 271. The second kappa shape index (κ2) is 7.18. The Morgan fingerprint density at radius 1 is 1.20 bits per heavy atom. The molecule has 1 aromatic carbocycles. The highest BCUT2D eigenvalue weighted by molar-refractivity contribution is 6.30. The lowest BCUT2D eigenvalue weighted by molar-refractivity contribution is 0.793. The van der Waals surface area contributed by atoms with E-state index in [0.29, 0.717) is 6.04 Å². The van der Waals surface area contributed by atoms with Gasteiger partial charge in [0.25, 0.3) is 0 Å². The molecule has 1 fully saturated rings. The van der Waals surface area contributed by atoms with Gasteiger partial charge in [0.2, 0.25) is 0 Å². The molecule has 5 heteroatoms. The zero-order valence-corrected chi connectivity index (χ0v) is 10.6. The molecule has 1 atom stereocenters. The van der Waals surface area contributed by atoms with Gasteiger partial charge in [-0.2, -0.15) is 0 Å². The Morgan fingerprint density at radius 3 is 2.40 bits per heavy atom. The number of nitrogens with one attached hydrogen (secondary N) is 2. The second-order valence-corrected chi connectivity index (χ2v) is 3.78. The van der Waals surface area contributed by atoms with Crippen molar-refractivity contribution in [3.05, 3.63) is 29.3 Å². The molecule has 1 unspecified atom stereocenters. The van der Waals surface area contributed by atoms with Gasteiger partial charge in [-0.1, -0.05) is 11.6 Å². The SMILES string of the molecule is Cl.Cl.Clc1ccc(NC2CCNC2)cc1. The fourth-order valence-electron chi connectivity index (χ4n) is 1.56. The lowest BCUT2D eigenvalue weighted by Crippen LogP contribution is -2.21. The third kappa shape index (κ3) is 4.47. The summed E-state index contributed by atoms with van der Waals surface area (Å²) in [6.45, 7) is 2.17. The van der Waals surface area contributed by atoms with Crippen LogP contribution in [-0.4, -0.2) is 19.1 Å². The summed E-state index contributed by atoms with van der Waals surface area (Å²) in [5.74, 6) is 0. The van der Waals surface area contributed by atoms with E-state index in [1.165, 1.54) is 6.42 Å². The number of hydrogen-bond donors (Lipinski definition) is 2. The van der Waals surface area contributed by atoms with Crippen LogP contribution in [0.1, 0.15) is 6.42 Å². The van der Waals surface area contributed by atoms with Crippen molar-refractivity contribution in [3.8, 4) is 0 Å². The zero-order valence-electron chi connectivity index (χ0n) is 8.20. The minimum Gasteiger partial charge on any atom is -0.381 e. The Labute approximate surface area is 108 Å². The summed E-state index contributed by atoms with van der Waals surface area (Å²) in [6, 6.07) is 8.42. The molecule has 86 valence electrons. The van der Waals surface area contributed by atoms with Gasteiger partial charge in [-0.25, -0.2) is 0 Å². The Hall–Kier alpha value is -0.150. The van der Waals surface area contributed by atoms with E-state index >= 15 is 0 Å². The minimum atomic E-state index is 0. The summed E-state index contributed by atoms with van der Waals surface area (Å²) in [6.07, 6.45) is 1.20. The van der Waals surface area contributed by atoms with Crippen LogP contribution in [0.2, 0.25) is 5.02 Å². The van der Waals surface area contributed by atoms with Crippen LogP contribution in [0.15, 0.2) is 24.3 Å². The molecular formula is C10H15Cl3N2. The molecule has 0 aromatic heterocycles. The highest BCUT2D eigenvalue weighted by Gasteiger charge is 2.13. The summed E-state index contributed by atoms with van der Waals surface area (Å²) in [5.41, 5.74) is 1.15. The summed E-state index contributed by atoms with van der Waals surface area (Å²) in [5, 5.41) is 7.55. The Kier molecular flexibility index (Phi) is 7.11. The molecule has 1 heterocycles. The van der Waals surface area contributed by atoms with E-state index in [1.807, 2.05) is 24.3 Å². The van der Waals surface area contributed by atoms with Crippen LogP contribution in [0.4, 0.5) is 5.69 Å². The molecular weight excluding hydrogens is 254 g/mol. The molecule has 2 rings (SSSR count). The fourth-order valence-corrected chi connectivity index (χ4v) is 1.69. The van der Waals surface area contributed by atoms with Crippen LogP contribution in [0.3, 0.4) is 0 Å². The quantitative estimate of drug-likeness (QED) is 0.862. The van der Waals surface area contributed by atoms with Gasteiger partial charge in [-0.15, -0.1) is 24.8 Å². The van der Waals surface area contributed by atoms with E-state index in [9.17, 15) is 0 Å². The molecule has 0 amide bonds. The second-order valence-electron chi connectivity index (χ2n) is 3.34. The highest BCUT2D eigenvalue weighted by Crippen LogP contribution is 2.15. The third-order valence-electron chi connectivity index (χ3n) is 2.28. The maximum absolute atomic E-state index is 5.79. The summed E-state index contributed by atoms with van der Waals surface area (Å²) in [4.78, 5) is 0.